The molecule has 0 spiro atoms. The summed E-state index contributed by atoms with van der Waals surface area (Å²) in [4.78, 5) is 24.0. The normalized spacial score (nSPS) is 10.1. The molecule has 1 amide bonds. The first-order chi connectivity index (χ1) is 13.0. The molecule has 0 saturated carbocycles. The van der Waals surface area contributed by atoms with Gasteiger partial charge in [0, 0.05) is 4.47 Å². The van der Waals surface area contributed by atoms with Crippen LogP contribution < -0.4 is 19.5 Å². The molecule has 7 nitrogen and oxygen atoms in total. The van der Waals surface area contributed by atoms with Crippen molar-refractivity contribution in [2.24, 2.45) is 0 Å². The van der Waals surface area contributed by atoms with Crippen molar-refractivity contribution in [1.29, 1.82) is 0 Å². The van der Waals surface area contributed by atoms with E-state index < -0.39 is 11.9 Å². The summed E-state index contributed by atoms with van der Waals surface area (Å²) in [5.41, 5.74) is 1.21. The number of hydrogen-bond acceptors (Lipinski definition) is 6. The Morgan fingerprint density at radius 3 is 2.19 bits per heavy atom. The van der Waals surface area contributed by atoms with Gasteiger partial charge in [-0.1, -0.05) is 12.1 Å². The van der Waals surface area contributed by atoms with Crippen LogP contribution in [0.15, 0.2) is 40.9 Å². The molecule has 0 atom stereocenters. The van der Waals surface area contributed by atoms with E-state index in [4.69, 9.17) is 18.9 Å². The first kappa shape index (κ1) is 20.6. The van der Waals surface area contributed by atoms with Gasteiger partial charge in [0.25, 0.3) is 5.91 Å². The molecule has 0 radical (unpaired) electrons. The van der Waals surface area contributed by atoms with Gasteiger partial charge in [0.2, 0.25) is 5.75 Å². The summed E-state index contributed by atoms with van der Waals surface area (Å²) in [6, 6.07) is 10.5. The largest absolute Gasteiger partial charge is 0.493 e. The number of hydrogen-bond donors (Lipinski definition) is 1. The number of rotatable bonds is 8. The maximum atomic E-state index is 12.1. The number of ether oxygens (including phenoxy) is 4. The number of carbonyl (C=O) groups is 2. The van der Waals surface area contributed by atoms with Crippen molar-refractivity contribution < 1.29 is 28.5 Å². The average Bonchev–Trinajstić information content (AvgIpc) is 2.67. The van der Waals surface area contributed by atoms with E-state index in [0.717, 1.165) is 4.47 Å². The molecule has 0 aromatic heterocycles. The Labute approximate surface area is 165 Å². The summed E-state index contributed by atoms with van der Waals surface area (Å²) in [6.07, 6.45) is -0.0426. The van der Waals surface area contributed by atoms with Crippen molar-refractivity contribution in [3.63, 3.8) is 0 Å². The lowest BCUT2D eigenvalue weighted by molar-refractivity contribution is -0.146. The van der Waals surface area contributed by atoms with Crippen LogP contribution >= 0.6 is 15.9 Å². The van der Waals surface area contributed by atoms with Gasteiger partial charge in [0.05, 0.1) is 33.4 Å². The van der Waals surface area contributed by atoms with Crippen molar-refractivity contribution in [2.45, 2.75) is 6.42 Å². The summed E-state index contributed by atoms with van der Waals surface area (Å²) in [6.45, 7) is -0.384. The molecule has 0 fully saturated rings. The number of nitrogens with one attached hydrogen (secondary N) is 1. The highest BCUT2D eigenvalue weighted by molar-refractivity contribution is 9.10. The smallest absolute Gasteiger partial charge is 0.310 e. The van der Waals surface area contributed by atoms with Gasteiger partial charge in [-0.25, -0.2) is 0 Å². The van der Waals surface area contributed by atoms with E-state index in [1.807, 2.05) is 6.07 Å². The topological polar surface area (TPSA) is 83.1 Å². The lowest BCUT2D eigenvalue weighted by Crippen LogP contribution is -2.21. The Morgan fingerprint density at radius 1 is 1.00 bits per heavy atom. The van der Waals surface area contributed by atoms with Crippen LogP contribution in [0.1, 0.15) is 5.56 Å². The van der Waals surface area contributed by atoms with Gasteiger partial charge in [0.15, 0.2) is 18.1 Å². The number of benzene rings is 2. The number of anilines is 1. The predicted molar refractivity (Wildman–Crippen MR) is 104 cm³/mol. The zero-order chi connectivity index (χ0) is 19.8. The molecule has 0 aliphatic rings. The van der Waals surface area contributed by atoms with Crippen molar-refractivity contribution in [2.75, 3.05) is 33.3 Å². The van der Waals surface area contributed by atoms with E-state index in [2.05, 4.69) is 21.2 Å². The van der Waals surface area contributed by atoms with Crippen LogP contribution in [0.5, 0.6) is 17.2 Å². The second-order valence-electron chi connectivity index (χ2n) is 5.40. The van der Waals surface area contributed by atoms with E-state index in [1.54, 1.807) is 30.3 Å². The Morgan fingerprint density at radius 2 is 1.63 bits per heavy atom. The summed E-state index contributed by atoms with van der Waals surface area (Å²) < 4.78 is 21.5. The Kier molecular flexibility index (Phi) is 7.48. The molecule has 0 saturated heterocycles. The molecule has 0 bridgehead atoms. The Hall–Kier alpha value is -2.74. The van der Waals surface area contributed by atoms with Gasteiger partial charge in [-0.05, 0) is 45.8 Å². The molecular weight excluding hydrogens is 418 g/mol. The van der Waals surface area contributed by atoms with Crippen LogP contribution in [0.3, 0.4) is 0 Å². The molecule has 144 valence electrons. The van der Waals surface area contributed by atoms with Gasteiger partial charge >= 0.3 is 5.97 Å². The van der Waals surface area contributed by atoms with Gasteiger partial charge in [-0.2, -0.15) is 0 Å². The molecule has 0 heterocycles. The highest BCUT2D eigenvalue weighted by Crippen LogP contribution is 2.38. The van der Waals surface area contributed by atoms with E-state index >= 15 is 0 Å². The highest BCUT2D eigenvalue weighted by atomic mass is 79.9. The van der Waals surface area contributed by atoms with Crippen molar-refractivity contribution in [3.05, 3.63) is 46.4 Å². The lowest BCUT2D eigenvalue weighted by atomic mass is 10.1. The van der Waals surface area contributed by atoms with E-state index in [1.165, 1.54) is 21.3 Å². The Bertz CT molecular complexity index is 799. The second-order valence-corrected chi connectivity index (χ2v) is 6.25. The van der Waals surface area contributed by atoms with Crippen LogP contribution in [0, 0.1) is 0 Å². The minimum absolute atomic E-state index is 0.0426. The van der Waals surface area contributed by atoms with Crippen LogP contribution in [-0.2, 0) is 20.7 Å². The molecule has 0 aliphatic heterocycles. The minimum Gasteiger partial charge on any atom is -0.493 e. The third kappa shape index (κ3) is 5.62. The monoisotopic (exact) mass is 437 g/mol. The third-order valence-corrected chi connectivity index (χ3v) is 4.28. The number of esters is 1. The minimum atomic E-state index is -0.549. The van der Waals surface area contributed by atoms with E-state index in [0.29, 0.717) is 28.5 Å². The third-order valence-electron chi connectivity index (χ3n) is 3.59. The maximum absolute atomic E-state index is 12.1. The van der Waals surface area contributed by atoms with E-state index in [9.17, 15) is 9.59 Å². The Balaban J connectivity index is 1.95. The van der Waals surface area contributed by atoms with Crippen molar-refractivity contribution in [1.82, 2.24) is 0 Å². The molecule has 8 heteroatoms. The zero-order valence-electron chi connectivity index (χ0n) is 15.2. The standard InChI is InChI=1S/C19H20BrNO6/c1-24-15-8-12(9-16(25-2)19(15)26-3)10-18(23)27-11-17(22)21-14-7-5-4-6-13(14)20/h4-9H,10-11H2,1-3H3,(H,21,22). The number of carbonyl (C=O) groups excluding carboxylic acids is 2. The van der Waals surface area contributed by atoms with Gasteiger partial charge in [0.1, 0.15) is 0 Å². The zero-order valence-corrected chi connectivity index (χ0v) is 16.8. The van der Waals surface area contributed by atoms with Gasteiger partial charge in [-0.15, -0.1) is 0 Å². The molecule has 2 aromatic rings. The fourth-order valence-electron chi connectivity index (χ4n) is 2.35. The predicted octanol–water partition coefficient (Wildman–Crippen LogP) is 3.20. The summed E-state index contributed by atoms with van der Waals surface area (Å²) in [5, 5.41) is 2.66. The quantitative estimate of drug-likeness (QED) is 0.638. The number of halogens is 1. The average molecular weight is 438 g/mol. The molecule has 1 N–H and O–H groups in total. The number of amides is 1. The first-order valence-corrected chi connectivity index (χ1v) is 8.76. The van der Waals surface area contributed by atoms with Crippen LogP contribution in [0.4, 0.5) is 5.69 Å². The SMILES string of the molecule is COc1cc(CC(=O)OCC(=O)Nc2ccccc2Br)cc(OC)c1OC. The van der Waals surface area contributed by atoms with E-state index in [-0.39, 0.29) is 13.0 Å². The molecular formula is C19H20BrNO6. The first-order valence-electron chi connectivity index (χ1n) is 7.97. The van der Waals surface area contributed by atoms with Crippen LogP contribution in [0.2, 0.25) is 0 Å². The summed E-state index contributed by atoms with van der Waals surface area (Å²) in [7, 11) is 4.48. The number of para-hydroxylation sites is 1. The fraction of sp³-hybridized carbons (Fsp3) is 0.263. The maximum Gasteiger partial charge on any atom is 0.310 e. The van der Waals surface area contributed by atoms with Crippen molar-refractivity contribution in [3.8, 4) is 17.2 Å². The lowest BCUT2D eigenvalue weighted by Gasteiger charge is -2.14. The van der Waals surface area contributed by atoms with Gasteiger partial charge in [-0.3, -0.25) is 9.59 Å². The van der Waals surface area contributed by atoms with Gasteiger partial charge < -0.3 is 24.3 Å². The molecule has 0 unspecified atom stereocenters. The molecule has 2 aromatic carbocycles. The summed E-state index contributed by atoms with van der Waals surface area (Å²) in [5.74, 6) is 0.328. The fourth-order valence-corrected chi connectivity index (χ4v) is 2.73. The second kappa shape index (κ2) is 9.82. The van der Waals surface area contributed by atoms with Crippen LogP contribution in [-0.4, -0.2) is 39.8 Å². The molecule has 2 rings (SSSR count). The van der Waals surface area contributed by atoms with Crippen LogP contribution in [0.25, 0.3) is 0 Å². The molecule has 0 aliphatic carbocycles. The van der Waals surface area contributed by atoms with Crippen molar-refractivity contribution >= 4 is 33.5 Å². The number of methoxy groups -OCH3 is 3. The molecule has 27 heavy (non-hydrogen) atoms. The highest BCUT2D eigenvalue weighted by Gasteiger charge is 2.16. The summed E-state index contributed by atoms with van der Waals surface area (Å²) >= 11 is 3.33.